The first-order valence-electron chi connectivity index (χ1n) is 9.92. The SMILES string of the molecule is CSS(=O)(=O)Nc1nccc(Cc2cncc(OC3CCC(C)(C)CC3)c2C)c1F. The van der Waals surface area contributed by atoms with E-state index in [1.807, 2.05) is 6.92 Å². The minimum atomic E-state index is -3.69. The fourth-order valence-corrected chi connectivity index (χ4v) is 4.52. The van der Waals surface area contributed by atoms with Gasteiger partial charge in [0.05, 0.1) is 12.3 Å². The average molecular weight is 454 g/mol. The van der Waals surface area contributed by atoms with E-state index >= 15 is 0 Å². The van der Waals surface area contributed by atoms with Gasteiger partial charge in [-0.3, -0.25) is 9.71 Å². The molecule has 164 valence electrons. The van der Waals surface area contributed by atoms with Gasteiger partial charge in [-0.05, 0) is 77.8 Å². The maximum Gasteiger partial charge on any atom is 0.287 e. The first-order valence-corrected chi connectivity index (χ1v) is 13.1. The normalized spacial score (nSPS) is 17.0. The van der Waals surface area contributed by atoms with Crippen molar-refractivity contribution in [1.29, 1.82) is 0 Å². The molecular formula is C21H28FN3O3S2. The van der Waals surface area contributed by atoms with Crippen LogP contribution in [0.1, 0.15) is 56.2 Å². The highest BCUT2D eigenvalue weighted by atomic mass is 33.1. The van der Waals surface area contributed by atoms with E-state index in [1.54, 1.807) is 18.5 Å². The quantitative estimate of drug-likeness (QED) is 0.602. The van der Waals surface area contributed by atoms with Crippen molar-refractivity contribution >= 4 is 25.7 Å². The van der Waals surface area contributed by atoms with Crippen LogP contribution in [0.3, 0.4) is 0 Å². The van der Waals surface area contributed by atoms with Crippen LogP contribution in [0, 0.1) is 18.2 Å². The smallest absolute Gasteiger partial charge is 0.287 e. The Balaban J connectivity index is 1.77. The molecule has 6 nitrogen and oxygen atoms in total. The highest BCUT2D eigenvalue weighted by molar-refractivity contribution is 8.72. The summed E-state index contributed by atoms with van der Waals surface area (Å²) in [6.07, 6.45) is 10.9. The van der Waals surface area contributed by atoms with Crippen molar-refractivity contribution in [2.75, 3.05) is 11.0 Å². The number of halogens is 1. The van der Waals surface area contributed by atoms with Gasteiger partial charge in [0.2, 0.25) is 0 Å². The van der Waals surface area contributed by atoms with Crippen molar-refractivity contribution < 1.29 is 17.5 Å². The molecule has 0 bridgehead atoms. The third-order valence-corrected chi connectivity index (χ3v) is 8.09. The van der Waals surface area contributed by atoms with Crippen molar-refractivity contribution in [3.63, 3.8) is 0 Å². The zero-order chi connectivity index (χ0) is 21.9. The summed E-state index contributed by atoms with van der Waals surface area (Å²) in [7, 11) is -3.10. The summed E-state index contributed by atoms with van der Waals surface area (Å²) in [5, 5.41) is 0. The van der Waals surface area contributed by atoms with E-state index in [0.29, 0.717) is 21.8 Å². The standard InChI is InChI=1S/C21H28FN3O3S2/c1-14-16(11-15-7-10-24-20(19(15)22)25-30(26,27)29-4)12-23-13-18(14)28-17-5-8-21(2,3)9-6-17/h7,10,12-13,17H,5-6,8-9,11H2,1-4H3,(H,24,25). The van der Waals surface area contributed by atoms with Crippen molar-refractivity contribution in [2.45, 2.75) is 59.0 Å². The van der Waals surface area contributed by atoms with Crippen LogP contribution in [-0.4, -0.2) is 30.7 Å². The van der Waals surface area contributed by atoms with E-state index in [0.717, 1.165) is 42.6 Å². The number of rotatable bonds is 7. The second-order valence-electron chi connectivity index (χ2n) is 8.44. The number of aromatic nitrogens is 2. The molecule has 1 aliphatic rings. The van der Waals surface area contributed by atoms with Crippen LogP contribution in [0.2, 0.25) is 0 Å². The van der Waals surface area contributed by atoms with Gasteiger partial charge < -0.3 is 4.74 Å². The Morgan fingerprint density at radius 2 is 1.97 bits per heavy atom. The van der Waals surface area contributed by atoms with Crippen LogP contribution >= 0.6 is 10.8 Å². The molecule has 30 heavy (non-hydrogen) atoms. The van der Waals surface area contributed by atoms with Crippen molar-refractivity contribution in [3.8, 4) is 5.75 Å². The first kappa shape index (κ1) is 22.8. The second-order valence-corrected chi connectivity index (χ2v) is 12.2. The number of nitrogens with one attached hydrogen (secondary N) is 1. The second kappa shape index (κ2) is 9.09. The minimum absolute atomic E-state index is 0.166. The van der Waals surface area contributed by atoms with Crippen molar-refractivity contribution in [3.05, 3.63) is 47.2 Å². The molecule has 0 aromatic carbocycles. The summed E-state index contributed by atoms with van der Waals surface area (Å²) >= 11 is 0. The van der Waals surface area contributed by atoms with Crippen LogP contribution in [0.25, 0.3) is 0 Å². The molecule has 0 aliphatic heterocycles. The topological polar surface area (TPSA) is 81.2 Å². The molecule has 9 heteroatoms. The number of ether oxygens (including phenoxy) is 1. The molecule has 1 saturated carbocycles. The number of anilines is 1. The summed E-state index contributed by atoms with van der Waals surface area (Å²) in [5.74, 6) is -0.268. The Labute approximate surface area is 181 Å². The Kier molecular flexibility index (Phi) is 6.91. The lowest BCUT2D eigenvalue weighted by atomic mass is 9.76. The van der Waals surface area contributed by atoms with Crippen LogP contribution in [0.15, 0.2) is 24.7 Å². The lowest BCUT2D eigenvalue weighted by Gasteiger charge is -2.34. The molecule has 0 radical (unpaired) electrons. The number of nitrogens with zero attached hydrogens (tertiary/aromatic N) is 2. The summed E-state index contributed by atoms with van der Waals surface area (Å²) in [6, 6.07) is 1.54. The van der Waals surface area contributed by atoms with Gasteiger partial charge in [-0.1, -0.05) is 13.8 Å². The molecule has 2 aromatic rings. The monoisotopic (exact) mass is 453 g/mol. The average Bonchev–Trinajstić information content (AvgIpc) is 2.69. The van der Waals surface area contributed by atoms with E-state index in [4.69, 9.17) is 4.74 Å². The fraction of sp³-hybridized carbons (Fsp3) is 0.524. The Hall–Kier alpha value is -1.87. The molecule has 2 aromatic heterocycles. The lowest BCUT2D eigenvalue weighted by molar-refractivity contribution is 0.0978. The van der Waals surface area contributed by atoms with Gasteiger partial charge in [0.15, 0.2) is 11.6 Å². The summed E-state index contributed by atoms with van der Waals surface area (Å²) < 4.78 is 46.7. The first-order chi connectivity index (χ1) is 14.1. The molecule has 1 N–H and O–H groups in total. The van der Waals surface area contributed by atoms with Crippen LogP contribution in [-0.2, 0) is 15.5 Å². The Morgan fingerprint density at radius 1 is 1.27 bits per heavy atom. The molecule has 3 rings (SSSR count). The van der Waals surface area contributed by atoms with E-state index in [9.17, 15) is 12.8 Å². The van der Waals surface area contributed by atoms with Gasteiger partial charge in [-0.25, -0.2) is 9.37 Å². The zero-order valence-corrected chi connectivity index (χ0v) is 19.4. The third-order valence-electron chi connectivity index (χ3n) is 5.64. The summed E-state index contributed by atoms with van der Waals surface area (Å²) in [6.45, 7) is 6.51. The van der Waals surface area contributed by atoms with Gasteiger partial charge >= 0.3 is 0 Å². The third kappa shape index (κ3) is 5.63. The molecule has 0 saturated heterocycles. The largest absolute Gasteiger partial charge is 0.489 e. The summed E-state index contributed by atoms with van der Waals surface area (Å²) in [5.41, 5.74) is 2.44. The highest BCUT2D eigenvalue weighted by Gasteiger charge is 2.28. The highest BCUT2D eigenvalue weighted by Crippen LogP contribution is 2.37. The van der Waals surface area contributed by atoms with Crippen molar-refractivity contribution in [1.82, 2.24) is 9.97 Å². The number of hydrogen-bond acceptors (Lipinski definition) is 6. The Morgan fingerprint density at radius 3 is 2.63 bits per heavy atom. The molecule has 1 fully saturated rings. The molecule has 0 amide bonds. The predicted octanol–water partition coefficient (Wildman–Crippen LogP) is 4.88. The van der Waals surface area contributed by atoms with Gasteiger partial charge in [-0.2, -0.15) is 8.42 Å². The summed E-state index contributed by atoms with van der Waals surface area (Å²) in [4.78, 5) is 8.11. The molecule has 0 atom stereocenters. The predicted molar refractivity (Wildman–Crippen MR) is 119 cm³/mol. The molecule has 1 aliphatic carbocycles. The van der Waals surface area contributed by atoms with Crippen LogP contribution in [0.5, 0.6) is 5.75 Å². The maximum absolute atomic E-state index is 14.9. The van der Waals surface area contributed by atoms with Gasteiger partial charge in [0.1, 0.15) is 5.75 Å². The van der Waals surface area contributed by atoms with Crippen LogP contribution in [0.4, 0.5) is 10.2 Å². The van der Waals surface area contributed by atoms with Gasteiger partial charge in [0.25, 0.3) is 9.06 Å². The molecule has 2 heterocycles. The maximum atomic E-state index is 14.9. The number of pyridine rings is 2. The lowest BCUT2D eigenvalue weighted by Crippen LogP contribution is -2.28. The number of hydrogen-bond donors (Lipinski definition) is 1. The van der Waals surface area contributed by atoms with E-state index in [1.165, 1.54) is 12.5 Å². The van der Waals surface area contributed by atoms with E-state index in [-0.39, 0.29) is 18.3 Å². The van der Waals surface area contributed by atoms with Crippen LogP contribution < -0.4 is 9.46 Å². The molecule has 0 unspecified atom stereocenters. The molecule has 0 spiro atoms. The Bertz CT molecular complexity index is 1000. The van der Waals surface area contributed by atoms with E-state index < -0.39 is 14.9 Å². The van der Waals surface area contributed by atoms with Crippen molar-refractivity contribution in [2.24, 2.45) is 5.41 Å². The minimum Gasteiger partial charge on any atom is -0.489 e. The fourth-order valence-electron chi connectivity index (χ4n) is 3.57. The van der Waals surface area contributed by atoms with E-state index in [2.05, 4.69) is 28.5 Å². The zero-order valence-electron chi connectivity index (χ0n) is 17.7. The molecular weight excluding hydrogens is 425 g/mol. The van der Waals surface area contributed by atoms with Gasteiger partial charge in [-0.15, -0.1) is 0 Å². The van der Waals surface area contributed by atoms with Gasteiger partial charge in [0, 0.05) is 18.8 Å².